The van der Waals surface area contributed by atoms with Crippen molar-refractivity contribution < 1.29 is 9.90 Å². The van der Waals surface area contributed by atoms with Gasteiger partial charge >= 0.3 is 11.7 Å². The fourth-order valence-electron chi connectivity index (χ4n) is 2.31. The highest BCUT2D eigenvalue weighted by Gasteiger charge is 2.51. The lowest BCUT2D eigenvalue weighted by Gasteiger charge is -2.32. The second-order valence-electron chi connectivity index (χ2n) is 5.51. The molecular formula is C12H20N4O3S. The van der Waals surface area contributed by atoms with Crippen LogP contribution >= 0.6 is 11.8 Å². The molecule has 1 aromatic heterocycles. The topological polar surface area (TPSA) is 100 Å². The Labute approximate surface area is 121 Å². The average molecular weight is 300 g/mol. The van der Waals surface area contributed by atoms with Gasteiger partial charge in [-0.05, 0) is 32.6 Å². The number of hydrogen-bond acceptors (Lipinski definition) is 5. The number of carboxylic acid groups (broad SMARTS) is 1. The summed E-state index contributed by atoms with van der Waals surface area (Å²) >= 11 is 1.29. The Morgan fingerprint density at radius 1 is 1.65 bits per heavy atom. The molecule has 1 fully saturated rings. The van der Waals surface area contributed by atoms with Crippen molar-refractivity contribution in [2.75, 3.05) is 5.75 Å². The number of aliphatic carboxylic acids is 1. The monoisotopic (exact) mass is 300 g/mol. The number of nitrogens with zero attached hydrogens (tertiary/aromatic N) is 2. The van der Waals surface area contributed by atoms with Crippen LogP contribution in [0, 0.1) is 5.92 Å². The van der Waals surface area contributed by atoms with E-state index in [0.29, 0.717) is 10.9 Å². The van der Waals surface area contributed by atoms with Crippen LogP contribution in [0.25, 0.3) is 0 Å². The molecule has 3 N–H and O–H groups in total. The quantitative estimate of drug-likeness (QED) is 0.632. The third kappa shape index (κ3) is 2.90. The van der Waals surface area contributed by atoms with Gasteiger partial charge in [0.1, 0.15) is 5.54 Å². The lowest BCUT2D eigenvalue weighted by molar-refractivity contribution is -0.145. The van der Waals surface area contributed by atoms with Gasteiger partial charge in [-0.25, -0.2) is 9.89 Å². The Morgan fingerprint density at radius 3 is 2.70 bits per heavy atom. The van der Waals surface area contributed by atoms with E-state index in [9.17, 15) is 14.7 Å². The minimum atomic E-state index is -0.951. The molecule has 1 aliphatic rings. The van der Waals surface area contributed by atoms with E-state index < -0.39 is 11.5 Å². The molecule has 1 unspecified atom stereocenters. The zero-order chi connectivity index (χ0) is 14.9. The summed E-state index contributed by atoms with van der Waals surface area (Å²) in [5.41, 5.74) is -1.25. The third-order valence-corrected chi connectivity index (χ3v) is 4.69. The lowest BCUT2D eigenvalue weighted by Crippen LogP contribution is -2.58. The van der Waals surface area contributed by atoms with Gasteiger partial charge in [0, 0.05) is 18.8 Å². The maximum Gasteiger partial charge on any atom is 0.343 e. The summed E-state index contributed by atoms with van der Waals surface area (Å²) in [5.74, 6) is -0.337. The van der Waals surface area contributed by atoms with Gasteiger partial charge in [0.25, 0.3) is 0 Å². The Balaban J connectivity index is 2.17. The summed E-state index contributed by atoms with van der Waals surface area (Å²) in [7, 11) is 1.61. The van der Waals surface area contributed by atoms with Crippen LogP contribution in [0.4, 0.5) is 0 Å². The lowest BCUT2D eigenvalue weighted by atomic mass is 9.94. The van der Waals surface area contributed by atoms with Crippen LogP contribution in [0.15, 0.2) is 9.95 Å². The normalized spacial score (nSPS) is 18.2. The van der Waals surface area contributed by atoms with Gasteiger partial charge in [0.05, 0.1) is 0 Å². The molecule has 1 heterocycles. The van der Waals surface area contributed by atoms with E-state index in [0.717, 1.165) is 12.8 Å². The summed E-state index contributed by atoms with van der Waals surface area (Å²) < 4.78 is 1.39. The second kappa shape index (κ2) is 5.61. The first kappa shape index (κ1) is 15.1. The molecule has 112 valence electrons. The van der Waals surface area contributed by atoms with E-state index in [1.807, 2.05) is 13.8 Å². The summed E-state index contributed by atoms with van der Waals surface area (Å²) in [6.45, 7) is 3.88. The van der Waals surface area contributed by atoms with E-state index >= 15 is 0 Å². The molecule has 0 amide bonds. The molecule has 1 atom stereocenters. The fourth-order valence-corrected chi connectivity index (χ4v) is 3.49. The molecule has 1 aliphatic carbocycles. The van der Waals surface area contributed by atoms with Gasteiger partial charge in [0.15, 0.2) is 5.16 Å². The van der Waals surface area contributed by atoms with Crippen molar-refractivity contribution in [2.45, 2.75) is 43.4 Å². The van der Waals surface area contributed by atoms with E-state index in [1.54, 1.807) is 7.05 Å². The number of thioether (sulfide) groups is 1. The Kier molecular flexibility index (Phi) is 4.24. The number of rotatable bonds is 7. The highest BCUT2D eigenvalue weighted by molar-refractivity contribution is 7.99. The zero-order valence-corrected chi connectivity index (χ0v) is 12.7. The highest BCUT2D eigenvalue weighted by atomic mass is 32.2. The van der Waals surface area contributed by atoms with Gasteiger partial charge in [0.2, 0.25) is 0 Å². The maximum absolute atomic E-state index is 11.8. The summed E-state index contributed by atoms with van der Waals surface area (Å²) in [4.78, 5) is 23.1. The predicted molar refractivity (Wildman–Crippen MR) is 75.9 cm³/mol. The first-order valence-corrected chi connectivity index (χ1v) is 7.60. The fraction of sp³-hybridized carbons (Fsp3) is 0.750. The Morgan fingerprint density at radius 2 is 2.30 bits per heavy atom. The molecule has 2 rings (SSSR count). The van der Waals surface area contributed by atoms with Crippen LogP contribution in [0.5, 0.6) is 0 Å². The summed E-state index contributed by atoms with van der Waals surface area (Å²) in [5, 5.41) is 19.6. The van der Waals surface area contributed by atoms with E-state index in [4.69, 9.17) is 0 Å². The van der Waals surface area contributed by atoms with Crippen LogP contribution in [-0.4, -0.2) is 43.2 Å². The Bertz CT molecular complexity index is 549. The van der Waals surface area contributed by atoms with Crippen molar-refractivity contribution in [3.63, 3.8) is 0 Å². The van der Waals surface area contributed by atoms with Crippen LogP contribution in [0.2, 0.25) is 0 Å². The number of nitrogens with one attached hydrogen (secondary N) is 2. The number of aromatic amines is 1. The number of aromatic nitrogens is 3. The molecule has 0 bridgehead atoms. The zero-order valence-electron chi connectivity index (χ0n) is 11.8. The van der Waals surface area contributed by atoms with Crippen LogP contribution in [0.3, 0.4) is 0 Å². The minimum absolute atomic E-state index is 0.0790. The smallest absolute Gasteiger partial charge is 0.343 e. The molecule has 0 aliphatic heterocycles. The molecule has 8 heteroatoms. The first-order chi connectivity index (χ1) is 9.36. The van der Waals surface area contributed by atoms with Crippen LogP contribution in [-0.2, 0) is 11.8 Å². The number of H-pyrrole nitrogens is 1. The van der Waals surface area contributed by atoms with Gasteiger partial charge in [-0.3, -0.25) is 14.7 Å². The molecule has 1 saturated carbocycles. The number of hydrogen-bond donors (Lipinski definition) is 3. The minimum Gasteiger partial charge on any atom is -0.480 e. The highest BCUT2D eigenvalue weighted by Crippen LogP contribution is 2.42. The number of carboxylic acids is 1. The van der Waals surface area contributed by atoms with E-state index in [1.165, 1.54) is 16.3 Å². The molecule has 0 aromatic carbocycles. The molecule has 1 aromatic rings. The van der Waals surface area contributed by atoms with Gasteiger partial charge in [-0.1, -0.05) is 11.8 Å². The molecule has 0 saturated heterocycles. The second-order valence-corrected chi connectivity index (χ2v) is 6.45. The largest absolute Gasteiger partial charge is 0.480 e. The van der Waals surface area contributed by atoms with Crippen molar-refractivity contribution in [3.05, 3.63) is 10.5 Å². The molecule has 0 spiro atoms. The van der Waals surface area contributed by atoms with Crippen molar-refractivity contribution in [1.82, 2.24) is 20.1 Å². The van der Waals surface area contributed by atoms with Crippen molar-refractivity contribution in [1.29, 1.82) is 0 Å². The molecule has 20 heavy (non-hydrogen) atoms. The van der Waals surface area contributed by atoms with Crippen LogP contribution < -0.4 is 11.0 Å². The molecule has 7 nitrogen and oxygen atoms in total. The van der Waals surface area contributed by atoms with E-state index in [2.05, 4.69) is 15.5 Å². The summed E-state index contributed by atoms with van der Waals surface area (Å²) in [6, 6.07) is 0.0790. The van der Waals surface area contributed by atoms with Crippen LogP contribution in [0.1, 0.15) is 26.7 Å². The first-order valence-electron chi connectivity index (χ1n) is 6.62. The van der Waals surface area contributed by atoms with Gasteiger partial charge < -0.3 is 5.11 Å². The standard InChI is InChI=1S/C12H20N4O3S/c1-7(2)13-12(9(17)18,8-4-5-8)6-20-11-15-14-10(19)16(11)3/h7-8,13H,4-6H2,1-3H3,(H,14,19)(H,17,18). The third-order valence-electron chi connectivity index (χ3n) is 3.47. The number of carbonyl (C=O) groups is 1. The van der Waals surface area contributed by atoms with Crippen molar-refractivity contribution in [2.24, 2.45) is 13.0 Å². The average Bonchev–Trinajstić information content (AvgIpc) is 3.15. The molecular weight excluding hydrogens is 280 g/mol. The predicted octanol–water partition coefficient (Wildman–Crippen LogP) is 0.432. The SMILES string of the molecule is CC(C)NC(CSc1n[nH]c(=O)n1C)(C(=O)O)C1CC1. The van der Waals surface area contributed by atoms with Crippen molar-refractivity contribution in [3.8, 4) is 0 Å². The van der Waals surface area contributed by atoms with Crippen molar-refractivity contribution >= 4 is 17.7 Å². The van der Waals surface area contributed by atoms with Gasteiger partial charge in [-0.2, -0.15) is 0 Å². The maximum atomic E-state index is 11.8. The Hall–Kier alpha value is -1.28. The molecule has 0 radical (unpaired) electrons. The summed E-state index contributed by atoms with van der Waals surface area (Å²) in [6.07, 6.45) is 1.85. The van der Waals surface area contributed by atoms with Gasteiger partial charge in [-0.15, -0.1) is 5.10 Å². The van der Waals surface area contributed by atoms with E-state index in [-0.39, 0.29) is 17.6 Å².